The predicted octanol–water partition coefficient (Wildman–Crippen LogP) is 2.56. The molecule has 0 aromatic heterocycles. The highest BCUT2D eigenvalue weighted by Gasteiger charge is 2.55. The van der Waals surface area contributed by atoms with Crippen LogP contribution in [0.3, 0.4) is 0 Å². The lowest BCUT2D eigenvalue weighted by Gasteiger charge is -2.46. The van der Waals surface area contributed by atoms with E-state index >= 15 is 0 Å². The summed E-state index contributed by atoms with van der Waals surface area (Å²) in [5.74, 6) is -5.63. The summed E-state index contributed by atoms with van der Waals surface area (Å²) < 4.78 is 68.7. The number of rotatable bonds is 13. The lowest BCUT2D eigenvalue weighted by atomic mass is 9.95. The summed E-state index contributed by atoms with van der Waals surface area (Å²) in [4.78, 5) is 87.3. The van der Waals surface area contributed by atoms with Gasteiger partial charge in [-0.2, -0.15) is 0 Å². The van der Waals surface area contributed by atoms with Gasteiger partial charge in [0.15, 0.2) is 42.6 Å². The van der Waals surface area contributed by atoms with Crippen LogP contribution in [-0.2, 0) is 71.4 Å². The number of fused-ring (bicyclic) bond motifs is 1. The third-order valence-corrected chi connectivity index (χ3v) is 9.27. The average Bonchev–Trinajstić information content (AvgIpc) is 3.14. The van der Waals surface area contributed by atoms with Crippen molar-refractivity contribution in [2.45, 2.75) is 122 Å². The number of esters is 6. The van der Waals surface area contributed by atoms with Crippen LogP contribution in [0.2, 0.25) is 0 Å². The maximum atomic E-state index is 13.3. The molecule has 11 atom stereocenters. The molecule has 3 heterocycles. The molecule has 3 aliphatic rings. The van der Waals surface area contributed by atoms with Gasteiger partial charge in [-0.1, -0.05) is 12.1 Å². The Hall–Kier alpha value is -5.99. The summed E-state index contributed by atoms with van der Waals surface area (Å²) in [6.07, 6.45) is -15.6. The van der Waals surface area contributed by atoms with Crippen molar-refractivity contribution in [1.29, 1.82) is 0 Å². The second-order valence-electron chi connectivity index (χ2n) is 14.0. The van der Waals surface area contributed by atoms with Crippen LogP contribution in [0.25, 0.3) is 0 Å². The van der Waals surface area contributed by atoms with Crippen LogP contribution in [0.1, 0.15) is 76.9 Å². The molecule has 20 heteroatoms. The van der Waals surface area contributed by atoms with Gasteiger partial charge in [-0.05, 0) is 24.6 Å². The third-order valence-electron chi connectivity index (χ3n) is 9.27. The molecule has 0 saturated carbocycles. The summed E-state index contributed by atoms with van der Waals surface area (Å²) in [7, 11) is 1.51. The number of phenolic OH excluding ortho intramolecular Hbond substituents is 1. The zero-order valence-electron chi connectivity index (χ0n) is 33.9. The molecule has 0 bridgehead atoms. The zero-order chi connectivity index (χ0) is 44.0. The Morgan fingerprint density at radius 3 is 1.70 bits per heavy atom. The van der Waals surface area contributed by atoms with E-state index in [0.29, 0.717) is 11.3 Å². The van der Waals surface area contributed by atoms with Gasteiger partial charge in [0.25, 0.3) is 0 Å². The summed E-state index contributed by atoms with van der Waals surface area (Å²) in [5.41, 5.74) is 0.530. The lowest BCUT2D eigenvalue weighted by molar-refractivity contribution is -0.323. The fourth-order valence-electron chi connectivity index (χ4n) is 7.00. The molecule has 2 aromatic rings. The van der Waals surface area contributed by atoms with Gasteiger partial charge in [0.1, 0.15) is 40.8 Å². The van der Waals surface area contributed by atoms with Crippen molar-refractivity contribution in [2.75, 3.05) is 13.7 Å². The highest BCUT2D eigenvalue weighted by atomic mass is 16.8. The van der Waals surface area contributed by atoms with E-state index in [1.54, 1.807) is 24.3 Å². The molecule has 0 spiro atoms. The highest BCUT2D eigenvalue weighted by molar-refractivity contribution is 6.02. The molecule has 3 aliphatic heterocycles. The summed E-state index contributed by atoms with van der Waals surface area (Å²) in [6.45, 7) is 7.31. The summed E-state index contributed by atoms with van der Waals surface area (Å²) in [6, 6.07) is 9.24. The van der Waals surface area contributed by atoms with Crippen molar-refractivity contribution in [2.24, 2.45) is 0 Å². The van der Waals surface area contributed by atoms with Gasteiger partial charge in [-0.25, -0.2) is 0 Å². The number of Topliss-reactive ketones (excluding diaryl/α,β-unsaturated/α-hetero) is 1. The molecule has 5 rings (SSSR count). The Bertz CT molecular complexity index is 1940. The van der Waals surface area contributed by atoms with E-state index in [2.05, 4.69) is 0 Å². The van der Waals surface area contributed by atoms with Crippen molar-refractivity contribution in [3.05, 3.63) is 47.5 Å². The number of carbonyl (C=O) groups is 7. The van der Waals surface area contributed by atoms with E-state index < -0.39 is 121 Å². The Balaban J connectivity index is 1.49. The molecular weight excluding hydrogens is 800 g/mol. The number of methoxy groups -OCH3 is 1. The number of ketones is 1. The molecular formula is C40H46O20. The minimum absolute atomic E-state index is 0.0504. The molecule has 2 fully saturated rings. The smallest absolute Gasteiger partial charge is 0.303 e. The average molecular weight is 847 g/mol. The van der Waals surface area contributed by atoms with Crippen LogP contribution >= 0.6 is 0 Å². The van der Waals surface area contributed by atoms with E-state index in [-0.39, 0.29) is 23.5 Å². The minimum atomic E-state index is -1.72. The van der Waals surface area contributed by atoms with Crippen LogP contribution in [0.15, 0.2) is 36.4 Å². The number of hydrogen-bond acceptors (Lipinski definition) is 20. The minimum Gasteiger partial charge on any atom is -0.507 e. The van der Waals surface area contributed by atoms with Crippen molar-refractivity contribution in [3.63, 3.8) is 0 Å². The number of ether oxygens (including phenoxy) is 12. The van der Waals surface area contributed by atoms with Gasteiger partial charge in [0.2, 0.25) is 12.4 Å². The number of carbonyl (C=O) groups excluding carboxylic acids is 7. The molecule has 0 unspecified atom stereocenters. The van der Waals surface area contributed by atoms with Crippen molar-refractivity contribution in [3.8, 4) is 23.0 Å². The first kappa shape index (κ1) is 45.1. The number of hydrogen-bond donors (Lipinski definition) is 1. The largest absolute Gasteiger partial charge is 0.507 e. The molecule has 60 heavy (non-hydrogen) atoms. The monoisotopic (exact) mass is 846 g/mol. The van der Waals surface area contributed by atoms with Crippen molar-refractivity contribution < 1.29 is 95.5 Å². The van der Waals surface area contributed by atoms with Gasteiger partial charge < -0.3 is 61.9 Å². The van der Waals surface area contributed by atoms with Crippen molar-refractivity contribution >= 4 is 41.6 Å². The summed E-state index contributed by atoms with van der Waals surface area (Å²) >= 11 is 0. The van der Waals surface area contributed by atoms with Crippen LogP contribution in [0.5, 0.6) is 23.0 Å². The molecule has 1 N–H and O–H groups in total. The second-order valence-corrected chi connectivity index (χ2v) is 14.0. The Labute approximate surface area is 343 Å². The Morgan fingerprint density at radius 1 is 0.650 bits per heavy atom. The molecule has 2 saturated heterocycles. The topological polar surface area (TPSA) is 250 Å². The van der Waals surface area contributed by atoms with Crippen LogP contribution in [-0.4, -0.2) is 122 Å². The third kappa shape index (κ3) is 11.0. The molecule has 0 radical (unpaired) electrons. The molecule has 326 valence electrons. The first-order valence-electron chi connectivity index (χ1n) is 18.7. The lowest BCUT2D eigenvalue weighted by Crippen LogP contribution is -2.64. The Morgan fingerprint density at radius 2 is 1.15 bits per heavy atom. The van der Waals surface area contributed by atoms with Crippen LogP contribution in [0, 0.1) is 0 Å². The molecule has 20 nitrogen and oxygen atoms in total. The van der Waals surface area contributed by atoms with Gasteiger partial charge in [0.05, 0.1) is 26.2 Å². The maximum Gasteiger partial charge on any atom is 0.303 e. The maximum absolute atomic E-state index is 13.3. The van der Waals surface area contributed by atoms with Gasteiger partial charge in [-0.15, -0.1) is 0 Å². The van der Waals surface area contributed by atoms with E-state index in [1.165, 1.54) is 20.1 Å². The second kappa shape index (κ2) is 19.4. The summed E-state index contributed by atoms with van der Waals surface area (Å²) in [5, 5.41) is 11.0. The van der Waals surface area contributed by atoms with Crippen LogP contribution < -0.4 is 14.2 Å². The van der Waals surface area contributed by atoms with E-state index in [1.807, 2.05) is 0 Å². The standard InChI is InChI=1S/C40H46O20/c1-17-33(52-18(2)41)35(54-20(4)43)37(56-22(6)45)39(51-17)50-16-31-34(53-19(3)42)36(55-21(5)44)38(57-23(7)46)40(60-31)58-26-13-27(47)32-28(48)15-29(59-30(32)14-26)24-9-11-25(49-8)12-10-24/h9-14,17,29,31,33-40,47H,15-16H2,1-8H3/t17-,29+,31-,33+,34+,35-,36-,37+,38+,39-,40-/m1/s1. The SMILES string of the molecule is COc1ccc([C@@H]2CC(=O)c3c(O)cc(O[C@@H]4O[C@H](CO[C@@H]5O[C@H](C)[C@H](OC(C)=O)[C@@H](OC(C)=O)[C@@H]5OC(C)=O)[C@H](OC(C)=O)[C@@H](OC(C)=O)[C@@H]4OC(C)=O)cc3O2)cc1. The first-order valence-corrected chi connectivity index (χ1v) is 18.7. The first-order chi connectivity index (χ1) is 28.3. The van der Waals surface area contributed by atoms with Crippen molar-refractivity contribution in [1.82, 2.24) is 0 Å². The fourth-order valence-corrected chi connectivity index (χ4v) is 7.00. The Kier molecular flexibility index (Phi) is 14.6. The zero-order valence-corrected chi connectivity index (χ0v) is 33.9. The quantitative estimate of drug-likeness (QED) is 0.225. The number of aromatic hydroxyl groups is 1. The molecule has 0 amide bonds. The molecule has 0 aliphatic carbocycles. The molecule has 2 aromatic carbocycles. The highest BCUT2D eigenvalue weighted by Crippen LogP contribution is 2.43. The normalized spacial score (nSPS) is 28.4. The fraction of sp³-hybridized carbons (Fsp3) is 0.525. The van der Waals surface area contributed by atoms with Crippen LogP contribution in [0.4, 0.5) is 0 Å². The van der Waals surface area contributed by atoms with Gasteiger partial charge >= 0.3 is 35.8 Å². The number of phenols is 1. The van der Waals surface area contributed by atoms with E-state index in [0.717, 1.165) is 47.6 Å². The van der Waals surface area contributed by atoms with E-state index in [4.69, 9.17) is 56.8 Å². The number of benzene rings is 2. The van der Waals surface area contributed by atoms with Gasteiger partial charge in [-0.3, -0.25) is 33.6 Å². The predicted molar refractivity (Wildman–Crippen MR) is 196 cm³/mol. The van der Waals surface area contributed by atoms with Gasteiger partial charge in [0, 0.05) is 53.7 Å². The van der Waals surface area contributed by atoms with E-state index in [9.17, 15) is 38.7 Å².